The van der Waals surface area contributed by atoms with Gasteiger partial charge in [0.05, 0.1) is 39.5 Å². The highest BCUT2D eigenvalue weighted by Gasteiger charge is 2.44. The fourth-order valence-electron chi connectivity index (χ4n) is 6.51. The second kappa shape index (κ2) is 10.1. The molecule has 2 aliphatic heterocycles. The summed E-state index contributed by atoms with van der Waals surface area (Å²) in [5.41, 5.74) is 8.76. The Morgan fingerprint density at radius 3 is 2.75 bits per heavy atom. The minimum Gasteiger partial charge on any atom is -0.478 e. The Morgan fingerprint density at radius 1 is 1.23 bits per heavy atom. The van der Waals surface area contributed by atoms with Gasteiger partial charge in [-0.25, -0.2) is 14.5 Å². The largest absolute Gasteiger partial charge is 0.478 e. The summed E-state index contributed by atoms with van der Waals surface area (Å²) in [6.07, 6.45) is 7.23. The number of carboxylic acids is 1. The molecule has 3 N–H and O–H groups in total. The van der Waals surface area contributed by atoms with E-state index in [1.54, 1.807) is 17.9 Å². The summed E-state index contributed by atoms with van der Waals surface area (Å²) >= 11 is 3.61. The Bertz CT molecular complexity index is 1670. The van der Waals surface area contributed by atoms with Crippen molar-refractivity contribution in [2.75, 3.05) is 32.0 Å². The summed E-state index contributed by atoms with van der Waals surface area (Å²) in [6, 6.07) is 7.47. The van der Waals surface area contributed by atoms with Gasteiger partial charge in [-0.05, 0) is 55.9 Å². The average molecular weight is 611 g/mol. The van der Waals surface area contributed by atoms with E-state index in [1.165, 1.54) is 23.9 Å². The molecule has 11 nitrogen and oxygen atoms in total. The zero-order valence-corrected chi connectivity index (χ0v) is 24.1. The third-order valence-corrected chi connectivity index (χ3v) is 8.93. The molecule has 2 saturated heterocycles. The van der Waals surface area contributed by atoms with Gasteiger partial charge in [-0.2, -0.15) is 5.10 Å². The summed E-state index contributed by atoms with van der Waals surface area (Å²) in [5, 5.41) is 13.8. The number of nitrogen functional groups attached to an aromatic ring is 1. The van der Waals surface area contributed by atoms with E-state index < -0.39 is 5.97 Å². The highest BCUT2D eigenvalue weighted by atomic mass is 79.9. The van der Waals surface area contributed by atoms with Crippen LogP contribution in [-0.2, 0) is 19.6 Å². The van der Waals surface area contributed by atoms with Gasteiger partial charge in [-0.3, -0.25) is 9.69 Å². The van der Waals surface area contributed by atoms with Crippen molar-refractivity contribution in [3.05, 3.63) is 57.0 Å². The Balaban J connectivity index is 1.24. The van der Waals surface area contributed by atoms with Gasteiger partial charge in [-0.15, -0.1) is 0 Å². The molecule has 2 bridgehead atoms. The van der Waals surface area contributed by atoms with Crippen molar-refractivity contribution in [2.45, 2.75) is 31.2 Å². The third-order valence-electron chi connectivity index (χ3n) is 8.44. The molecule has 1 aromatic carbocycles. The van der Waals surface area contributed by atoms with Gasteiger partial charge in [0.25, 0.3) is 5.56 Å². The molecule has 0 radical (unpaired) electrons. The molecule has 210 valence electrons. The van der Waals surface area contributed by atoms with Gasteiger partial charge in [0.2, 0.25) is 11.8 Å². The summed E-state index contributed by atoms with van der Waals surface area (Å²) in [5.74, 6) is 0.496. The lowest BCUT2D eigenvalue weighted by Crippen LogP contribution is -2.44. The molecule has 1 aliphatic carbocycles. The molecule has 7 rings (SSSR count). The number of aromatic nitrogens is 5. The lowest BCUT2D eigenvalue weighted by atomic mass is 9.78. The molecule has 0 atom stereocenters. The van der Waals surface area contributed by atoms with E-state index in [-0.39, 0.29) is 22.2 Å². The van der Waals surface area contributed by atoms with Crippen LogP contribution in [0.5, 0.6) is 5.88 Å². The maximum absolute atomic E-state index is 12.9. The minimum atomic E-state index is -1.11. The first-order valence-electron chi connectivity index (χ1n) is 13.4. The number of aryl methyl sites for hydroxylation is 2. The monoisotopic (exact) mass is 609 g/mol. The number of nitrogens with zero attached hydrogens (tertiary/aromatic N) is 6. The summed E-state index contributed by atoms with van der Waals surface area (Å²) < 4.78 is 12.3. The molecule has 3 fully saturated rings. The number of hydrogen-bond acceptors (Lipinski definition) is 7. The lowest BCUT2D eigenvalue weighted by molar-refractivity contribution is 0.0696. The first-order valence-corrected chi connectivity index (χ1v) is 14.2. The number of anilines is 1. The lowest BCUT2D eigenvalue weighted by Gasteiger charge is -2.40. The number of rotatable bonds is 7. The molecule has 0 spiro atoms. The van der Waals surface area contributed by atoms with Crippen molar-refractivity contribution in [1.29, 1.82) is 0 Å². The summed E-state index contributed by atoms with van der Waals surface area (Å²) in [7, 11) is 3.28. The number of fused-ring (bicyclic) bond motifs is 5. The van der Waals surface area contributed by atoms with Crippen LogP contribution in [0.1, 0.15) is 36.0 Å². The van der Waals surface area contributed by atoms with Gasteiger partial charge in [0.1, 0.15) is 6.61 Å². The van der Waals surface area contributed by atoms with E-state index in [0.29, 0.717) is 36.5 Å². The maximum atomic E-state index is 12.9. The Morgan fingerprint density at radius 2 is 2.00 bits per heavy atom. The minimum absolute atomic E-state index is 0.0237. The van der Waals surface area contributed by atoms with E-state index in [1.807, 2.05) is 12.1 Å². The van der Waals surface area contributed by atoms with Gasteiger partial charge < -0.3 is 24.7 Å². The number of pyridine rings is 1. The highest BCUT2D eigenvalue weighted by Crippen LogP contribution is 2.45. The summed E-state index contributed by atoms with van der Waals surface area (Å²) in [4.78, 5) is 31.6. The standard InChI is InChI=1S/C28H32BrN7O4/c1-33-15-18(26(38)39)11-20(24(33)37)21-13-31-34(2)25(21)40-10-9-35-14-17-5-7-28(16-35,8-6-17)36-23-12-19(29)3-4-22(23)32-27(36)30/h3-4,11-13,15,17H,5-10,14,16H2,1-2H3,(H2,30,32)(H,38,39). The predicted molar refractivity (Wildman–Crippen MR) is 155 cm³/mol. The SMILES string of the molecule is Cn1ncc(-c2cc(C(=O)O)cn(C)c2=O)c1OCCN1CC2CCC(n3c(N)nc4ccc(Br)cc43)(CC2)C1. The van der Waals surface area contributed by atoms with Crippen LogP contribution in [0.4, 0.5) is 5.95 Å². The molecule has 0 amide bonds. The first-order chi connectivity index (χ1) is 19.1. The van der Waals surface area contributed by atoms with Crippen molar-refractivity contribution in [3.63, 3.8) is 0 Å². The average Bonchev–Trinajstić information content (AvgIpc) is 3.31. The molecule has 4 aromatic rings. The van der Waals surface area contributed by atoms with Gasteiger partial charge in [0, 0.05) is 44.4 Å². The number of nitrogens with two attached hydrogens (primary N) is 1. The van der Waals surface area contributed by atoms with E-state index >= 15 is 0 Å². The molecule has 3 aliphatic rings. The molecular formula is C28H32BrN7O4. The van der Waals surface area contributed by atoms with E-state index in [0.717, 1.165) is 54.3 Å². The van der Waals surface area contributed by atoms with Crippen molar-refractivity contribution in [1.82, 2.24) is 28.8 Å². The number of carbonyl (C=O) groups is 1. The normalized spacial score (nSPS) is 21.1. The van der Waals surface area contributed by atoms with Crippen LogP contribution in [0.3, 0.4) is 0 Å². The number of halogens is 1. The van der Waals surface area contributed by atoms with Crippen LogP contribution in [0, 0.1) is 5.92 Å². The zero-order chi connectivity index (χ0) is 28.2. The van der Waals surface area contributed by atoms with Crippen LogP contribution in [0.25, 0.3) is 22.2 Å². The predicted octanol–water partition coefficient (Wildman–Crippen LogP) is 3.46. The number of ether oxygens (including phenoxy) is 1. The number of imidazole rings is 1. The quantitative estimate of drug-likeness (QED) is 0.325. The van der Waals surface area contributed by atoms with Crippen LogP contribution < -0.4 is 16.0 Å². The Hall–Kier alpha value is -3.64. The van der Waals surface area contributed by atoms with Gasteiger partial charge in [-0.1, -0.05) is 15.9 Å². The van der Waals surface area contributed by atoms with Crippen molar-refractivity contribution >= 4 is 38.9 Å². The number of aromatic carboxylic acids is 1. The molecular weight excluding hydrogens is 578 g/mol. The van der Waals surface area contributed by atoms with Crippen molar-refractivity contribution in [2.24, 2.45) is 20.0 Å². The van der Waals surface area contributed by atoms with E-state index in [4.69, 9.17) is 10.5 Å². The van der Waals surface area contributed by atoms with Crippen molar-refractivity contribution < 1.29 is 14.6 Å². The fourth-order valence-corrected chi connectivity index (χ4v) is 6.86. The fraction of sp³-hybridized carbons (Fsp3) is 0.429. The molecule has 5 heterocycles. The van der Waals surface area contributed by atoms with Crippen LogP contribution >= 0.6 is 15.9 Å². The second-order valence-electron chi connectivity index (χ2n) is 11.0. The topological polar surface area (TPSA) is 133 Å². The molecule has 3 aromatic heterocycles. The smallest absolute Gasteiger partial charge is 0.337 e. The highest BCUT2D eigenvalue weighted by molar-refractivity contribution is 9.10. The van der Waals surface area contributed by atoms with Crippen LogP contribution in [0.2, 0.25) is 0 Å². The Labute approximate surface area is 239 Å². The molecule has 12 heteroatoms. The van der Waals surface area contributed by atoms with Gasteiger partial charge >= 0.3 is 5.97 Å². The van der Waals surface area contributed by atoms with Crippen LogP contribution in [-0.4, -0.2) is 66.1 Å². The molecule has 1 saturated carbocycles. The number of benzene rings is 1. The molecule has 40 heavy (non-hydrogen) atoms. The van der Waals surface area contributed by atoms with Crippen LogP contribution in [0.15, 0.2) is 45.9 Å². The summed E-state index contributed by atoms with van der Waals surface area (Å²) in [6.45, 7) is 2.90. The first kappa shape index (κ1) is 26.6. The number of hydrogen-bond donors (Lipinski definition) is 2. The van der Waals surface area contributed by atoms with Gasteiger partial charge in [0.15, 0.2) is 0 Å². The number of carboxylic acid groups (broad SMARTS) is 1. The second-order valence-corrected chi connectivity index (χ2v) is 12.0. The maximum Gasteiger partial charge on any atom is 0.337 e. The van der Waals surface area contributed by atoms with E-state index in [2.05, 4.69) is 41.5 Å². The molecule has 0 unspecified atom stereocenters. The van der Waals surface area contributed by atoms with Crippen molar-refractivity contribution in [3.8, 4) is 17.0 Å². The Kier molecular flexibility index (Phi) is 6.70. The van der Waals surface area contributed by atoms with E-state index in [9.17, 15) is 14.7 Å². The zero-order valence-electron chi connectivity index (χ0n) is 22.5. The third kappa shape index (κ3) is 4.58.